The van der Waals surface area contributed by atoms with Crippen molar-refractivity contribution in [2.45, 2.75) is 18.1 Å². The second-order valence-electron chi connectivity index (χ2n) is 4.08. The van der Waals surface area contributed by atoms with Gasteiger partial charge in [0.2, 0.25) is 15.9 Å². The van der Waals surface area contributed by atoms with Crippen LogP contribution in [-0.2, 0) is 14.8 Å². The Morgan fingerprint density at radius 1 is 1.50 bits per heavy atom. The zero-order chi connectivity index (χ0) is 12.3. The summed E-state index contributed by atoms with van der Waals surface area (Å²) in [5.41, 5.74) is 0. The molecule has 0 aromatic heterocycles. The average Bonchev–Trinajstić information content (AvgIpc) is 2.28. The van der Waals surface area contributed by atoms with Gasteiger partial charge in [-0.05, 0) is 18.9 Å². The molecule has 0 aliphatic carbocycles. The van der Waals surface area contributed by atoms with Crippen LogP contribution in [0.15, 0.2) is 12.7 Å². The van der Waals surface area contributed by atoms with Gasteiger partial charge in [-0.15, -0.1) is 0 Å². The first-order valence-electron chi connectivity index (χ1n) is 5.22. The maximum atomic E-state index is 11.9. The molecular formula is C10H18N2O3S. The van der Waals surface area contributed by atoms with Crippen LogP contribution in [0.4, 0.5) is 0 Å². The molecule has 1 fully saturated rings. The Bertz CT molecular complexity index is 376. The fourth-order valence-corrected chi connectivity index (χ4v) is 3.24. The molecular weight excluding hydrogens is 228 g/mol. The summed E-state index contributed by atoms with van der Waals surface area (Å²) in [6.07, 6.45) is 2.56. The van der Waals surface area contributed by atoms with Crippen molar-refractivity contribution < 1.29 is 13.2 Å². The predicted molar refractivity (Wildman–Crippen MR) is 62.4 cm³/mol. The van der Waals surface area contributed by atoms with Crippen LogP contribution in [-0.4, -0.2) is 56.0 Å². The molecule has 16 heavy (non-hydrogen) atoms. The minimum atomic E-state index is -3.27. The van der Waals surface area contributed by atoms with Crippen molar-refractivity contribution in [1.82, 2.24) is 9.21 Å². The monoisotopic (exact) mass is 246 g/mol. The van der Waals surface area contributed by atoms with E-state index < -0.39 is 15.3 Å². The van der Waals surface area contributed by atoms with E-state index in [0.29, 0.717) is 13.0 Å². The average molecular weight is 246 g/mol. The van der Waals surface area contributed by atoms with Crippen molar-refractivity contribution in [2.75, 3.05) is 27.2 Å². The largest absolute Gasteiger partial charge is 0.338 e. The number of sulfonamides is 1. The maximum Gasteiger partial charge on any atom is 0.245 e. The highest BCUT2D eigenvalue weighted by atomic mass is 32.2. The van der Waals surface area contributed by atoms with E-state index in [1.165, 1.54) is 24.5 Å². The number of carbonyl (C=O) groups is 1. The van der Waals surface area contributed by atoms with Crippen molar-refractivity contribution >= 4 is 15.9 Å². The molecule has 1 amide bonds. The quantitative estimate of drug-likeness (QED) is 0.661. The molecule has 92 valence electrons. The molecule has 1 unspecified atom stereocenters. The highest BCUT2D eigenvalue weighted by Crippen LogP contribution is 2.19. The van der Waals surface area contributed by atoms with Crippen LogP contribution in [0.2, 0.25) is 0 Å². The molecule has 1 rings (SSSR count). The smallest absolute Gasteiger partial charge is 0.245 e. The summed E-state index contributed by atoms with van der Waals surface area (Å²) in [5.74, 6) is -0.196. The first kappa shape index (κ1) is 13.2. The lowest BCUT2D eigenvalue weighted by Crippen LogP contribution is -2.47. The molecule has 0 aromatic rings. The van der Waals surface area contributed by atoms with Crippen molar-refractivity contribution in [3.8, 4) is 0 Å². The number of nitrogens with zero attached hydrogens (tertiary/aromatic N) is 2. The lowest BCUT2D eigenvalue weighted by molar-refractivity contribution is -0.126. The fourth-order valence-electron chi connectivity index (χ4n) is 1.81. The standard InChI is InChI=1S/C10H18N2O3S/c1-4-10(13)12-7-5-6-9(8-12)16(14,15)11(2)3/h4,9H,1,5-8H2,2-3H3. The second-order valence-corrected chi connectivity index (χ2v) is 6.51. The molecule has 0 N–H and O–H groups in total. The molecule has 0 radical (unpaired) electrons. The van der Waals surface area contributed by atoms with Gasteiger partial charge in [-0.25, -0.2) is 12.7 Å². The van der Waals surface area contributed by atoms with Gasteiger partial charge in [0, 0.05) is 27.2 Å². The first-order chi connectivity index (χ1) is 7.39. The summed E-state index contributed by atoms with van der Waals surface area (Å²) < 4.78 is 25.0. The molecule has 0 saturated carbocycles. The fraction of sp³-hybridized carbons (Fsp3) is 0.700. The van der Waals surface area contributed by atoms with Crippen LogP contribution >= 0.6 is 0 Å². The van der Waals surface area contributed by atoms with Gasteiger partial charge in [-0.1, -0.05) is 6.58 Å². The van der Waals surface area contributed by atoms with E-state index in [1.807, 2.05) is 0 Å². The topological polar surface area (TPSA) is 57.7 Å². The molecule has 0 aromatic carbocycles. The summed E-state index contributed by atoms with van der Waals surface area (Å²) in [6, 6.07) is 0. The molecule has 1 saturated heterocycles. The number of rotatable bonds is 3. The third-order valence-corrected chi connectivity index (χ3v) is 5.04. The SMILES string of the molecule is C=CC(=O)N1CCCC(S(=O)(=O)N(C)C)C1. The van der Waals surface area contributed by atoms with Gasteiger partial charge < -0.3 is 4.90 Å². The minimum absolute atomic E-state index is 0.196. The van der Waals surface area contributed by atoms with Crippen LogP contribution in [0.25, 0.3) is 0 Å². The Morgan fingerprint density at radius 3 is 2.62 bits per heavy atom. The number of likely N-dealkylation sites (tertiary alicyclic amines) is 1. The Balaban J connectivity index is 2.79. The van der Waals surface area contributed by atoms with Crippen molar-refractivity contribution in [3.63, 3.8) is 0 Å². The van der Waals surface area contributed by atoms with Gasteiger partial charge in [0.25, 0.3) is 0 Å². The Kier molecular flexibility index (Phi) is 4.09. The van der Waals surface area contributed by atoms with Crippen LogP contribution < -0.4 is 0 Å². The molecule has 1 aliphatic heterocycles. The van der Waals surface area contributed by atoms with Crippen LogP contribution in [0.1, 0.15) is 12.8 Å². The van der Waals surface area contributed by atoms with E-state index in [1.54, 1.807) is 4.90 Å². The van der Waals surface area contributed by atoms with Gasteiger partial charge in [-0.3, -0.25) is 4.79 Å². The van der Waals surface area contributed by atoms with E-state index in [2.05, 4.69) is 6.58 Å². The van der Waals surface area contributed by atoms with Gasteiger partial charge in [0.1, 0.15) is 0 Å². The van der Waals surface area contributed by atoms with Gasteiger partial charge in [-0.2, -0.15) is 0 Å². The van der Waals surface area contributed by atoms with E-state index >= 15 is 0 Å². The minimum Gasteiger partial charge on any atom is -0.338 e. The lowest BCUT2D eigenvalue weighted by atomic mass is 10.1. The van der Waals surface area contributed by atoms with Gasteiger partial charge in [0.15, 0.2) is 0 Å². The molecule has 1 atom stereocenters. The summed E-state index contributed by atoms with van der Waals surface area (Å²) in [7, 11) is -0.235. The summed E-state index contributed by atoms with van der Waals surface area (Å²) >= 11 is 0. The van der Waals surface area contributed by atoms with Crippen molar-refractivity contribution in [1.29, 1.82) is 0 Å². The van der Waals surface area contributed by atoms with Gasteiger partial charge >= 0.3 is 0 Å². The predicted octanol–water partition coefficient (Wildman–Crippen LogP) is 0.0548. The molecule has 1 aliphatic rings. The Labute approximate surface area is 96.8 Å². The second kappa shape index (κ2) is 4.97. The summed E-state index contributed by atoms with van der Waals surface area (Å²) in [5, 5.41) is -0.486. The Hall–Kier alpha value is -0.880. The molecule has 0 spiro atoms. The number of piperidine rings is 1. The van der Waals surface area contributed by atoms with E-state index in [9.17, 15) is 13.2 Å². The highest BCUT2D eigenvalue weighted by molar-refractivity contribution is 7.89. The Morgan fingerprint density at radius 2 is 2.12 bits per heavy atom. The first-order valence-corrected chi connectivity index (χ1v) is 6.72. The van der Waals surface area contributed by atoms with E-state index in [0.717, 1.165) is 6.42 Å². The van der Waals surface area contributed by atoms with E-state index in [4.69, 9.17) is 0 Å². The summed E-state index contributed by atoms with van der Waals surface area (Å²) in [4.78, 5) is 13.0. The third kappa shape index (κ3) is 2.62. The van der Waals surface area contributed by atoms with Crippen molar-refractivity contribution in [2.24, 2.45) is 0 Å². The van der Waals surface area contributed by atoms with Crippen LogP contribution in [0.5, 0.6) is 0 Å². The molecule has 0 bridgehead atoms. The maximum absolute atomic E-state index is 11.9. The molecule has 1 heterocycles. The zero-order valence-electron chi connectivity index (χ0n) is 9.72. The number of hydrogen-bond donors (Lipinski definition) is 0. The van der Waals surface area contributed by atoms with Crippen LogP contribution in [0, 0.1) is 0 Å². The van der Waals surface area contributed by atoms with E-state index in [-0.39, 0.29) is 12.5 Å². The summed E-state index contributed by atoms with van der Waals surface area (Å²) in [6.45, 7) is 4.29. The molecule has 5 nitrogen and oxygen atoms in total. The van der Waals surface area contributed by atoms with Crippen molar-refractivity contribution in [3.05, 3.63) is 12.7 Å². The lowest BCUT2D eigenvalue weighted by Gasteiger charge is -2.33. The zero-order valence-corrected chi connectivity index (χ0v) is 10.5. The normalized spacial score (nSPS) is 22.2. The number of amides is 1. The molecule has 6 heteroatoms. The third-order valence-electron chi connectivity index (χ3n) is 2.79. The highest BCUT2D eigenvalue weighted by Gasteiger charge is 2.33. The van der Waals surface area contributed by atoms with Gasteiger partial charge in [0.05, 0.1) is 5.25 Å². The number of carbonyl (C=O) groups excluding carboxylic acids is 1. The number of hydrogen-bond acceptors (Lipinski definition) is 3. The van der Waals surface area contributed by atoms with Crippen LogP contribution in [0.3, 0.4) is 0 Å².